The van der Waals surface area contributed by atoms with Gasteiger partial charge >= 0.3 is 0 Å². The minimum absolute atomic E-state index is 0.0753. The molecule has 4 rings (SSSR count). The van der Waals surface area contributed by atoms with Gasteiger partial charge in [0.25, 0.3) is 5.91 Å². The molecule has 6 heteroatoms. The Hall–Kier alpha value is -2.40. The van der Waals surface area contributed by atoms with E-state index in [9.17, 15) is 9.18 Å². The van der Waals surface area contributed by atoms with E-state index in [-0.39, 0.29) is 17.0 Å². The summed E-state index contributed by atoms with van der Waals surface area (Å²) in [5, 5.41) is 3.22. The van der Waals surface area contributed by atoms with E-state index >= 15 is 0 Å². The minimum Gasteiger partial charge on any atom is -0.349 e. The number of aryl methyl sites for hydroxylation is 1. The first-order chi connectivity index (χ1) is 12.0. The maximum atomic E-state index is 13.3. The van der Waals surface area contributed by atoms with Gasteiger partial charge in [-0.3, -0.25) is 4.79 Å². The standard InChI is InChI=1S/C19H17ClFN3O/c1-11-16(4-3-15-9-22-10-24(11)15)19(25)23-14-6-13(7-14)12-2-5-18(21)17(20)8-12/h2-5,8-10,13-14H,6-7H2,1H3,(H,23,25). The predicted molar refractivity (Wildman–Crippen MR) is 94.6 cm³/mol. The number of amides is 1. The third-order valence-electron chi connectivity index (χ3n) is 4.97. The van der Waals surface area contributed by atoms with E-state index in [0.717, 1.165) is 29.6 Å². The van der Waals surface area contributed by atoms with Crippen LogP contribution in [0.2, 0.25) is 5.02 Å². The normalized spacial score (nSPS) is 19.6. The summed E-state index contributed by atoms with van der Waals surface area (Å²) in [5.41, 5.74) is 3.51. The van der Waals surface area contributed by atoms with E-state index in [2.05, 4.69) is 10.3 Å². The lowest BCUT2D eigenvalue weighted by Crippen LogP contribution is -2.43. The number of hydrogen-bond donors (Lipinski definition) is 1. The van der Waals surface area contributed by atoms with Crippen molar-refractivity contribution in [3.8, 4) is 0 Å². The van der Waals surface area contributed by atoms with Crippen LogP contribution in [0.25, 0.3) is 5.52 Å². The Bertz CT molecular complexity index is 962. The van der Waals surface area contributed by atoms with Crippen LogP contribution in [0, 0.1) is 12.7 Å². The number of imidazole rings is 1. The highest BCUT2D eigenvalue weighted by Gasteiger charge is 2.32. The molecule has 1 aliphatic rings. The van der Waals surface area contributed by atoms with Crippen LogP contribution in [-0.2, 0) is 0 Å². The molecule has 2 heterocycles. The summed E-state index contributed by atoms with van der Waals surface area (Å²) in [6, 6.07) is 8.68. The lowest BCUT2D eigenvalue weighted by molar-refractivity contribution is 0.0908. The summed E-state index contributed by atoms with van der Waals surface area (Å²) in [7, 11) is 0. The van der Waals surface area contributed by atoms with Crippen LogP contribution in [0.1, 0.15) is 40.4 Å². The molecule has 1 amide bonds. The number of aromatic nitrogens is 2. The maximum Gasteiger partial charge on any atom is 0.253 e. The molecule has 0 radical (unpaired) electrons. The van der Waals surface area contributed by atoms with Gasteiger partial charge in [0.2, 0.25) is 0 Å². The van der Waals surface area contributed by atoms with Crippen LogP contribution in [0.15, 0.2) is 42.9 Å². The zero-order valence-corrected chi connectivity index (χ0v) is 14.4. The van der Waals surface area contributed by atoms with E-state index in [0.29, 0.717) is 11.5 Å². The molecule has 0 bridgehead atoms. The summed E-state index contributed by atoms with van der Waals surface area (Å²) < 4.78 is 15.2. The van der Waals surface area contributed by atoms with Gasteiger partial charge in [0, 0.05) is 11.7 Å². The van der Waals surface area contributed by atoms with Crippen molar-refractivity contribution in [2.45, 2.75) is 31.7 Å². The van der Waals surface area contributed by atoms with Gasteiger partial charge in [-0.15, -0.1) is 0 Å². The maximum absolute atomic E-state index is 13.3. The van der Waals surface area contributed by atoms with Crippen LogP contribution >= 0.6 is 11.6 Å². The van der Waals surface area contributed by atoms with Gasteiger partial charge in [-0.1, -0.05) is 17.7 Å². The largest absolute Gasteiger partial charge is 0.349 e. The number of nitrogens with zero attached hydrogens (tertiary/aromatic N) is 2. The molecule has 1 aromatic carbocycles. The molecule has 1 saturated carbocycles. The molecule has 1 N–H and O–H groups in total. The topological polar surface area (TPSA) is 46.4 Å². The molecule has 1 aliphatic carbocycles. The lowest BCUT2D eigenvalue weighted by Gasteiger charge is -2.36. The number of hydrogen-bond acceptors (Lipinski definition) is 2. The summed E-state index contributed by atoms with van der Waals surface area (Å²) in [5.74, 6) is -0.172. The Morgan fingerprint density at radius 3 is 2.88 bits per heavy atom. The number of pyridine rings is 1. The van der Waals surface area contributed by atoms with Crippen molar-refractivity contribution in [2.75, 3.05) is 0 Å². The van der Waals surface area contributed by atoms with Gasteiger partial charge < -0.3 is 9.72 Å². The first-order valence-corrected chi connectivity index (χ1v) is 8.58. The monoisotopic (exact) mass is 357 g/mol. The van der Waals surface area contributed by atoms with Crippen LogP contribution in [0.4, 0.5) is 4.39 Å². The van der Waals surface area contributed by atoms with Gasteiger partial charge in [0.1, 0.15) is 5.82 Å². The van der Waals surface area contributed by atoms with Crippen LogP contribution in [-0.4, -0.2) is 21.3 Å². The highest BCUT2D eigenvalue weighted by Crippen LogP contribution is 2.38. The van der Waals surface area contributed by atoms with Crippen molar-refractivity contribution in [1.82, 2.24) is 14.7 Å². The molecule has 25 heavy (non-hydrogen) atoms. The fourth-order valence-electron chi connectivity index (χ4n) is 3.41. The number of carbonyl (C=O) groups is 1. The van der Waals surface area contributed by atoms with Crippen molar-refractivity contribution >= 4 is 23.0 Å². The first-order valence-electron chi connectivity index (χ1n) is 8.20. The van der Waals surface area contributed by atoms with E-state index in [1.165, 1.54) is 6.07 Å². The molecule has 1 fully saturated rings. The Labute approximate surface area is 149 Å². The summed E-state index contributed by atoms with van der Waals surface area (Å²) in [6.45, 7) is 1.91. The van der Waals surface area contributed by atoms with Crippen LogP contribution in [0.3, 0.4) is 0 Å². The zero-order chi connectivity index (χ0) is 17.6. The van der Waals surface area contributed by atoms with Gasteiger partial charge in [-0.25, -0.2) is 9.37 Å². The predicted octanol–water partition coefficient (Wildman–Crippen LogP) is 4.11. The number of benzene rings is 1. The van der Waals surface area contributed by atoms with E-state index in [1.54, 1.807) is 24.7 Å². The SMILES string of the molecule is Cc1c(C(=O)NC2CC(c3ccc(F)c(Cl)c3)C2)ccc2cncn12. The average molecular weight is 358 g/mol. The van der Waals surface area contributed by atoms with Gasteiger partial charge in [0.15, 0.2) is 0 Å². The average Bonchev–Trinajstić information content (AvgIpc) is 3.03. The molecule has 128 valence electrons. The second-order valence-corrected chi connectivity index (χ2v) is 6.94. The highest BCUT2D eigenvalue weighted by molar-refractivity contribution is 6.30. The lowest BCUT2D eigenvalue weighted by atomic mass is 9.76. The second kappa shape index (κ2) is 6.15. The quantitative estimate of drug-likeness (QED) is 0.766. The minimum atomic E-state index is -0.403. The van der Waals surface area contributed by atoms with Crippen molar-refractivity contribution in [3.05, 3.63) is 70.5 Å². The smallest absolute Gasteiger partial charge is 0.253 e. The molecule has 0 saturated heterocycles. The summed E-state index contributed by atoms with van der Waals surface area (Å²) in [6.07, 6.45) is 5.14. The third-order valence-corrected chi connectivity index (χ3v) is 5.26. The van der Waals surface area contributed by atoms with Crippen LogP contribution in [0.5, 0.6) is 0 Å². The molecule has 0 spiro atoms. The van der Waals surface area contributed by atoms with Crippen molar-refractivity contribution in [3.63, 3.8) is 0 Å². The Morgan fingerprint density at radius 2 is 2.12 bits per heavy atom. The Kier molecular flexibility index (Phi) is 3.96. The molecule has 3 aromatic rings. The number of halogens is 2. The van der Waals surface area contributed by atoms with E-state index in [4.69, 9.17) is 11.6 Å². The fourth-order valence-corrected chi connectivity index (χ4v) is 3.59. The highest BCUT2D eigenvalue weighted by atomic mass is 35.5. The number of fused-ring (bicyclic) bond motifs is 1. The van der Waals surface area contributed by atoms with E-state index in [1.807, 2.05) is 23.5 Å². The van der Waals surface area contributed by atoms with Crippen molar-refractivity contribution < 1.29 is 9.18 Å². The third kappa shape index (κ3) is 2.89. The molecule has 0 unspecified atom stereocenters. The van der Waals surface area contributed by atoms with Crippen molar-refractivity contribution in [1.29, 1.82) is 0 Å². The zero-order valence-electron chi connectivity index (χ0n) is 13.7. The molecule has 4 nitrogen and oxygen atoms in total. The Morgan fingerprint density at radius 1 is 1.32 bits per heavy atom. The molecular weight excluding hydrogens is 341 g/mol. The van der Waals surface area contributed by atoms with Gasteiger partial charge in [0.05, 0.1) is 28.6 Å². The van der Waals surface area contributed by atoms with Crippen LogP contribution < -0.4 is 5.32 Å². The summed E-state index contributed by atoms with van der Waals surface area (Å²) >= 11 is 5.84. The summed E-state index contributed by atoms with van der Waals surface area (Å²) in [4.78, 5) is 16.7. The first kappa shape index (κ1) is 16.1. The molecule has 0 aliphatic heterocycles. The molecule has 0 atom stereocenters. The van der Waals surface area contributed by atoms with Gasteiger partial charge in [-0.2, -0.15) is 0 Å². The number of nitrogens with one attached hydrogen (secondary N) is 1. The van der Waals surface area contributed by atoms with E-state index < -0.39 is 5.82 Å². The number of carbonyl (C=O) groups excluding carboxylic acids is 1. The fraction of sp³-hybridized carbons (Fsp3) is 0.263. The van der Waals surface area contributed by atoms with Crippen molar-refractivity contribution in [2.24, 2.45) is 0 Å². The number of rotatable bonds is 3. The van der Waals surface area contributed by atoms with Gasteiger partial charge in [-0.05, 0) is 55.5 Å². The second-order valence-electron chi connectivity index (χ2n) is 6.53. The molecular formula is C19H17ClFN3O. The molecule has 2 aromatic heterocycles. The Balaban J connectivity index is 1.42.